The summed E-state index contributed by atoms with van der Waals surface area (Å²) in [6, 6.07) is -0.0562. The highest BCUT2D eigenvalue weighted by atomic mass is 16.3. The number of aliphatic hydroxyl groups excluding tert-OH is 1. The van der Waals surface area contributed by atoms with Gasteiger partial charge in [-0.25, -0.2) is 0 Å². The molecule has 4 heteroatoms. The maximum atomic E-state index is 11.9. The van der Waals surface area contributed by atoms with E-state index in [2.05, 4.69) is 6.92 Å². The minimum Gasteiger partial charge on any atom is -0.395 e. The fourth-order valence-electron chi connectivity index (χ4n) is 1.71. The van der Waals surface area contributed by atoms with Gasteiger partial charge in [0, 0.05) is 25.6 Å². The summed E-state index contributed by atoms with van der Waals surface area (Å²) in [5, 5.41) is 8.95. The molecular formula is C13H28N2O2. The number of aliphatic hydroxyl groups is 1. The summed E-state index contributed by atoms with van der Waals surface area (Å²) >= 11 is 0. The van der Waals surface area contributed by atoms with E-state index in [1.165, 1.54) is 12.8 Å². The van der Waals surface area contributed by atoms with Gasteiger partial charge < -0.3 is 15.7 Å². The molecule has 0 heterocycles. The van der Waals surface area contributed by atoms with Crippen LogP contribution in [-0.4, -0.2) is 41.7 Å². The standard InChI is InChI=1S/C13H28N2O2/c1-3-5-6-7-8-15(9-10-16)13(17)11-12(14)4-2/h12,16H,3-11,14H2,1-2H3. The molecule has 4 nitrogen and oxygen atoms in total. The zero-order valence-electron chi connectivity index (χ0n) is 11.3. The fourth-order valence-corrected chi connectivity index (χ4v) is 1.71. The summed E-state index contributed by atoms with van der Waals surface area (Å²) < 4.78 is 0. The first-order valence-electron chi connectivity index (χ1n) is 6.79. The maximum Gasteiger partial charge on any atom is 0.224 e. The molecule has 0 aromatic rings. The monoisotopic (exact) mass is 244 g/mol. The summed E-state index contributed by atoms with van der Waals surface area (Å²) in [5.41, 5.74) is 5.77. The Hall–Kier alpha value is -0.610. The molecule has 102 valence electrons. The van der Waals surface area contributed by atoms with Crippen molar-refractivity contribution in [2.75, 3.05) is 19.7 Å². The predicted molar refractivity (Wildman–Crippen MR) is 70.7 cm³/mol. The van der Waals surface area contributed by atoms with E-state index < -0.39 is 0 Å². The minimum absolute atomic E-state index is 0.0287. The Bertz CT molecular complexity index is 198. The molecular weight excluding hydrogens is 216 g/mol. The van der Waals surface area contributed by atoms with E-state index in [1.54, 1.807) is 4.90 Å². The van der Waals surface area contributed by atoms with Crippen LogP contribution in [0.3, 0.4) is 0 Å². The largest absolute Gasteiger partial charge is 0.395 e. The lowest BCUT2D eigenvalue weighted by atomic mass is 10.1. The Morgan fingerprint density at radius 2 is 1.94 bits per heavy atom. The molecule has 0 rings (SSSR count). The highest BCUT2D eigenvalue weighted by Gasteiger charge is 2.15. The van der Waals surface area contributed by atoms with Crippen LogP contribution in [0.4, 0.5) is 0 Å². The lowest BCUT2D eigenvalue weighted by Gasteiger charge is -2.23. The molecule has 17 heavy (non-hydrogen) atoms. The molecule has 0 aromatic heterocycles. The molecule has 1 atom stereocenters. The predicted octanol–water partition coefficient (Wildman–Crippen LogP) is 1.52. The molecule has 3 N–H and O–H groups in total. The molecule has 0 saturated carbocycles. The van der Waals surface area contributed by atoms with E-state index in [-0.39, 0.29) is 18.6 Å². The van der Waals surface area contributed by atoms with E-state index >= 15 is 0 Å². The van der Waals surface area contributed by atoms with Crippen LogP contribution in [-0.2, 0) is 4.79 Å². The molecule has 0 bridgehead atoms. The first-order chi connectivity index (χ1) is 8.15. The van der Waals surface area contributed by atoms with Gasteiger partial charge in [0.05, 0.1) is 6.61 Å². The SMILES string of the molecule is CCCCCCN(CCO)C(=O)CC(N)CC. The first kappa shape index (κ1) is 16.4. The zero-order valence-corrected chi connectivity index (χ0v) is 11.3. The fraction of sp³-hybridized carbons (Fsp3) is 0.923. The van der Waals surface area contributed by atoms with Crippen molar-refractivity contribution < 1.29 is 9.90 Å². The number of amides is 1. The summed E-state index contributed by atoms with van der Waals surface area (Å²) in [6.07, 6.45) is 5.76. The number of rotatable bonds is 10. The molecule has 0 spiro atoms. The second kappa shape index (κ2) is 10.5. The topological polar surface area (TPSA) is 66.6 Å². The van der Waals surface area contributed by atoms with E-state index in [4.69, 9.17) is 10.8 Å². The van der Waals surface area contributed by atoms with Gasteiger partial charge in [-0.15, -0.1) is 0 Å². The third-order valence-electron chi connectivity index (χ3n) is 2.97. The van der Waals surface area contributed by atoms with Gasteiger partial charge in [0.15, 0.2) is 0 Å². The average Bonchev–Trinajstić information content (AvgIpc) is 2.32. The molecule has 0 fully saturated rings. The Labute approximate surface area is 105 Å². The van der Waals surface area contributed by atoms with Crippen LogP contribution in [0.2, 0.25) is 0 Å². The van der Waals surface area contributed by atoms with Gasteiger partial charge >= 0.3 is 0 Å². The molecule has 0 radical (unpaired) electrons. The number of unbranched alkanes of at least 4 members (excludes halogenated alkanes) is 3. The lowest BCUT2D eigenvalue weighted by Crippen LogP contribution is -2.38. The molecule has 0 aliphatic carbocycles. The Morgan fingerprint density at radius 1 is 1.24 bits per heavy atom. The molecule has 0 aliphatic heterocycles. The molecule has 0 aliphatic rings. The van der Waals surface area contributed by atoms with Crippen molar-refractivity contribution in [3.63, 3.8) is 0 Å². The van der Waals surface area contributed by atoms with Crippen molar-refractivity contribution in [3.05, 3.63) is 0 Å². The number of nitrogens with zero attached hydrogens (tertiary/aromatic N) is 1. The summed E-state index contributed by atoms with van der Waals surface area (Å²) in [7, 11) is 0. The van der Waals surface area contributed by atoms with Crippen LogP contribution in [0.15, 0.2) is 0 Å². The van der Waals surface area contributed by atoms with Gasteiger partial charge in [-0.3, -0.25) is 4.79 Å². The van der Waals surface area contributed by atoms with Gasteiger partial charge in [-0.05, 0) is 12.8 Å². The number of carbonyl (C=O) groups excluding carboxylic acids is 1. The van der Waals surface area contributed by atoms with E-state index in [9.17, 15) is 4.79 Å². The van der Waals surface area contributed by atoms with Crippen molar-refractivity contribution >= 4 is 5.91 Å². The molecule has 1 unspecified atom stereocenters. The van der Waals surface area contributed by atoms with Crippen LogP contribution >= 0.6 is 0 Å². The highest BCUT2D eigenvalue weighted by Crippen LogP contribution is 2.05. The van der Waals surface area contributed by atoms with Crippen molar-refractivity contribution in [2.24, 2.45) is 5.73 Å². The number of hydrogen-bond donors (Lipinski definition) is 2. The minimum atomic E-state index is -0.0562. The van der Waals surface area contributed by atoms with Crippen molar-refractivity contribution in [1.29, 1.82) is 0 Å². The summed E-state index contributed by atoms with van der Waals surface area (Å²) in [5.74, 6) is 0.0740. The third kappa shape index (κ3) is 8.16. The smallest absolute Gasteiger partial charge is 0.224 e. The summed E-state index contributed by atoms with van der Waals surface area (Å²) in [6.45, 7) is 5.35. The molecule has 0 saturated heterocycles. The lowest BCUT2D eigenvalue weighted by molar-refractivity contribution is -0.132. The van der Waals surface area contributed by atoms with Gasteiger partial charge in [-0.1, -0.05) is 33.1 Å². The van der Waals surface area contributed by atoms with E-state index in [0.717, 1.165) is 25.8 Å². The van der Waals surface area contributed by atoms with Gasteiger partial charge in [0.25, 0.3) is 0 Å². The summed E-state index contributed by atoms with van der Waals surface area (Å²) in [4.78, 5) is 13.6. The van der Waals surface area contributed by atoms with Crippen LogP contribution in [0.5, 0.6) is 0 Å². The van der Waals surface area contributed by atoms with Crippen LogP contribution < -0.4 is 5.73 Å². The van der Waals surface area contributed by atoms with Crippen LogP contribution in [0, 0.1) is 0 Å². The second-order valence-corrected chi connectivity index (χ2v) is 4.54. The normalized spacial score (nSPS) is 12.5. The Balaban J connectivity index is 3.98. The van der Waals surface area contributed by atoms with Gasteiger partial charge in [0.1, 0.15) is 0 Å². The molecule has 0 aromatic carbocycles. The Morgan fingerprint density at radius 3 is 2.47 bits per heavy atom. The van der Waals surface area contributed by atoms with Crippen molar-refractivity contribution in [3.8, 4) is 0 Å². The van der Waals surface area contributed by atoms with Crippen LogP contribution in [0.25, 0.3) is 0 Å². The zero-order chi connectivity index (χ0) is 13.1. The van der Waals surface area contributed by atoms with Crippen molar-refractivity contribution in [2.45, 2.75) is 58.4 Å². The number of hydrogen-bond acceptors (Lipinski definition) is 3. The average molecular weight is 244 g/mol. The highest BCUT2D eigenvalue weighted by molar-refractivity contribution is 5.76. The number of nitrogens with two attached hydrogens (primary N) is 1. The maximum absolute atomic E-state index is 11.9. The third-order valence-corrected chi connectivity index (χ3v) is 2.97. The van der Waals surface area contributed by atoms with Gasteiger partial charge in [-0.2, -0.15) is 0 Å². The quantitative estimate of drug-likeness (QED) is 0.573. The van der Waals surface area contributed by atoms with E-state index in [0.29, 0.717) is 13.0 Å². The Kier molecular flexibility index (Phi) is 10.2. The van der Waals surface area contributed by atoms with Crippen LogP contribution in [0.1, 0.15) is 52.4 Å². The number of carbonyl (C=O) groups is 1. The van der Waals surface area contributed by atoms with Gasteiger partial charge in [0.2, 0.25) is 5.91 Å². The van der Waals surface area contributed by atoms with Crippen molar-refractivity contribution in [1.82, 2.24) is 4.90 Å². The molecule has 1 amide bonds. The second-order valence-electron chi connectivity index (χ2n) is 4.54. The first-order valence-corrected chi connectivity index (χ1v) is 6.79. The van der Waals surface area contributed by atoms with E-state index in [1.807, 2.05) is 6.92 Å².